The minimum absolute atomic E-state index is 0.232. The van der Waals surface area contributed by atoms with Crippen LogP contribution in [-0.4, -0.2) is 55.1 Å². The van der Waals surface area contributed by atoms with Crippen molar-refractivity contribution in [1.82, 2.24) is 9.80 Å². The van der Waals surface area contributed by atoms with Crippen molar-refractivity contribution in [3.63, 3.8) is 0 Å². The van der Waals surface area contributed by atoms with Crippen LogP contribution in [0.1, 0.15) is 52.4 Å². The summed E-state index contributed by atoms with van der Waals surface area (Å²) in [4.78, 5) is 5.12. The molecule has 18 heavy (non-hydrogen) atoms. The largest absolute Gasteiger partial charge is 0.329 e. The van der Waals surface area contributed by atoms with Gasteiger partial charge in [-0.15, -0.1) is 0 Å². The number of hydrogen-bond donors (Lipinski definition) is 1. The smallest absolute Gasteiger partial charge is 0.0326 e. The quantitative estimate of drug-likeness (QED) is 0.686. The Morgan fingerprint density at radius 1 is 1.22 bits per heavy atom. The van der Waals surface area contributed by atoms with E-state index in [1.807, 2.05) is 0 Å². The van der Waals surface area contributed by atoms with Crippen molar-refractivity contribution in [1.29, 1.82) is 0 Å². The average molecular weight is 255 g/mol. The molecule has 3 nitrogen and oxygen atoms in total. The second kappa shape index (κ2) is 8.13. The molecule has 0 spiro atoms. The number of nitrogens with zero attached hydrogens (tertiary/aromatic N) is 2. The summed E-state index contributed by atoms with van der Waals surface area (Å²) < 4.78 is 0. The van der Waals surface area contributed by atoms with E-state index in [0.29, 0.717) is 0 Å². The van der Waals surface area contributed by atoms with E-state index in [1.54, 1.807) is 0 Å². The lowest BCUT2D eigenvalue weighted by Crippen LogP contribution is -2.53. The third-order valence-electron chi connectivity index (χ3n) is 4.79. The average Bonchev–Trinajstić information content (AvgIpc) is 2.91. The molecule has 2 N–H and O–H groups in total. The Hall–Kier alpha value is -0.120. The van der Waals surface area contributed by atoms with E-state index in [0.717, 1.165) is 13.1 Å². The van der Waals surface area contributed by atoms with E-state index >= 15 is 0 Å². The molecule has 1 atom stereocenters. The maximum atomic E-state index is 6.09. The zero-order valence-corrected chi connectivity index (χ0v) is 12.7. The summed E-state index contributed by atoms with van der Waals surface area (Å²) in [5, 5.41) is 0. The third-order valence-corrected chi connectivity index (χ3v) is 4.79. The third kappa shape index (κ3) is 4.22. The molecular weight excluding hydrogens is 222 g/mol. The number of likely N-dealkylation sites (tertiary alicyclic amines) is 1. The molecule has 1 aliphatic heterocycles. The summed E-state index contributed by atoms with van der Waals surface area (Å²) in [7, 11) is 2.27. The summed E-state index contributed by atoms with van der Waals surface area (Å²) in [6.07, 6.45) is 7.73. The number of likely N-dealkylation sites (N-methyl/N-ethyl adjacent to an activating group) is 1. The van der Waals surface area contributed by atoms with Crippen LogP contribution in [0, 0.1) is 0 Å². The molecular formula is C15H33N3. The van der Waals surface area contributed by atoms with Gasteiger partial charge in [-0.3, -0.25) is 4.90 Å². The highest BCUT2D eigenvalue weighted by atomic mass is 15.2. The number of rotatable bonds is 9. The Balaban J connectivity index is 2.43. The Labute approximate surface area is 114 Å². The van der Waals surface area contributed by atoms with E-state index in [1.165, 1.54) is 58.2 Å². The Morgan fingerprint density at radius 2 is 1.89 bits per heavy atom. The lowest BCUT2D eigenvalue weighted by molar-refractivity contribution is 0.0961. The molecule has 1 fully saturated rings. The highest BCUT2D eigenvalue weighted by molar-refractivity contribution is 4.89. The first-order valence-corrected chi connectivity index (χ1v) is 7.82. The van der Waals surface area contributed by atoms with Crippen LogP contribution in [0.4, 0.5) is 0 Å². The SMILES string of the molecule is CCCCC(CC)(CN)N(C)CCN1CCCC1. The molecule has 1 saturated heterocycles. The summed E-state index contributed by atoms with van der Waals surface area (Å²) >= 11 is 0. The first-order chi connectivity index (χ1) is 8.68. The summed E-state index contributed by atoms with van der Waals surface area (Å²) in [5.41, 5.74) is 6.32. The zero-order chi connectivity index (χ0) is 13.4. The van der Waals surface area contributed by atoms with Crippen molar-refractivity contribution in [2.45, 2.75) is 57.9 Å². The number of hydrogen-bond acceptors (Lipinski definition) is 3. The molecule has 0 aliphatic carbocycles. The molecule has 0 amide bonds. The lowest BCUT2D eigenvalue weighted by Gasteiger charge is -2.41. The molecule has 0 saturated carbocycles. The van der Waals surface area contributed by atoms with Crippen molar-refractivity contribution >= 4 is 0 Å². The van der Waals surface area contributed by atoms with Gasteiger partial charge < -0.3 is 10.6 Å². The molecule has 0 radical (unpaired) electrons. The Kier molecular flexibility index (Phi) is 7.20. The predicted molar refractivity (Wildman–Crippen MR) is 79.9 cm³/mol. The maximum Gasteiger partial charge on any atom is 0.0326 e. The van der Waals surface area contributed by atoms with Crippen molar-refractivity contribution in [2.24, 2.45) is 5.73 Å². The molecule has 1 heterocycles. The van der Waals surface area contributed by atoms with Gasteiger partial charge in [0.15, 0.2) is 0 Å². The van der Waals surface area contributed by atoms with Gasteiger partial charge in [0.05, 0.1) is 0 Å². The molecule has 0 bridgehead atoms. The standard InChI is InChI=1S/C15H33N3/c1-4-6-9-15(5-2,14-16)17(3)12-13-18-10-7-8-11-18/h4-14,16H2,1-3H3. The van der Waals surface area contributed by atoms with Crippen LogP contribution in [0.15, 0.2) is 0 Å². The van der Waals surface area contributed by atoms with Gasteiger partial charge in [0.1, 0.15) is 0 Å². The molecule has 0 aromatic carbocycles. The molecule has 1 aliphatic rings. The van der Waals surface area contributed by atoms with Gasteiger partial charge in [0.2, 0.25) is 0 Å². The van der Waals surface area contributed by atoms with Gasteiger partial charge in [-0.05, 0) is 45.8 Å². The molecule has 0 aromatic heterocycles. The Bertz CT molecular complexity index is 208. The highest BCUT2D eigenvalue weighted by Crippen LogP contribution is 2.24. The highest BCUT2D eigenvalue weighted by Gasteiger charge is 2.30. The van der Waals surface area contributed by atoms with Gasteiger partial charge >= 0.3 is 0 Å². The van der Waals surface area contributed by atoms with E-state index in [-0.39, 0.29) is 5.54 Å². The maximum absolute atomic E-state index is 6.09. The number of nitrogens with two attached hydrogens (primary N) is 1. The monoisotopic (exact) mass is 255 g/mol. The van der Waals surface area contributed by atoms with E-state index in [2.05, 4.69) is 30.7 Å². The minimum Gasteiger partial charge on any atom is -0.329 e. The molecule has 3 heteroatoms. The van der Waals surface area contributed by atoms with Gasteiger partial charge in [0, 0.05) is 25.2 Å². The lowest BCUT2D eigenvalue weighted by atomic mass is 9.88. The van der Waals surface area contributed by atoms with Gasteiger partial charge in [-0.2, -0.15) is 0 Å². The van der Waals surface area contributed by atoms with Crippen LogP contribution in [0.25, 0.3) is 0 Å². The molecule has 108 valence electrons. The van der Waals surface area contributed by atoms with Gasteiger partial charge in [-0.25, -0.2) is 0 Å². The first kappa shape index (κ1) is 15.9. The molecule has 0 aromatic rings. The zero-order valence-electron chi connectivity index (χ0n) is 12.7. The second-order valence-electron chi connectivity index (χ2n) is 5.86. The first-order valence-electron chi connectivity index (χ1n) is 7.82. The van der Waals surface area contributed by atoms with Crippen LogP contribution in [0.2, 0.25) is 0 Å². The fourth-order valence-corrected chi connectivity index (χ4v) is 3.08. The van der Waals surface area contributed by atoms with Crippen molar-refractivity contribution in [3.05, 3.63) is 0 Å². The molecule has 1 rings (SSSR count). The summed E-state index contributed by atoms with van der Waals surface area (Å²) in [5.74, 6) is 0. The topological polar surface area (TPSA) is 32.5 Å². The van der Waals surface area contributed by atoms with Crippen LogP contribution in [0.5, 0.6) is 0 Å². The van der Waals surface area contributed by atoms with Crippen molar-refractivity contribution in [3.8, 4) is 0 Å². The fourth-order valence-electron chi connectivity index (χ4n) is 3.08. The van der Waals surface area contributed by atoms with E-state index < -0.39 is 0 Å². The van der Waals surface area contributed by atoms with Crippen molar-refractivity contribution in [2.75, 3.05) is 39.8 Å². The fraction of sp³-hybridized carbons (Fsp3) is 1.00. The van der Waals surface area contributed by atoms with Crippen LogP contribution in [-0.2, 0) is 0 Å². The van der Waals surface area contributed by atoms with Gasteiger partial charge in [-0.1, -0.05) is 26.7 Å². The second-order valence-corrected chi connectivity index (χ2v) is 5.86. The van der Waals surface area contributed by atoms with Crippen molar-refractivity contribution < 1.29 is 0 Å². The van der Waals surface area contributed by atoms with Gasteiger partial charge in [0.25, 0.3) is 0 Å². The number of unbranched alkanes of at least 4 members (excludes halogenated alkanes) is 1. The minimum atomic E-state index is 0.232. The molecule has 1 unspecified atom stereocenters. The van der Waals surface area contributed by atoms with Crippen LogP contribution < -0.4 is 5.73 Å². The Morgan fingerprint density at radius 3 is 2.39 bits per heavy atom. The van der Waals surface area contributed by atoms with Crippen LogP contribution >= 0.6 is 0 Å². The van der Waals surface area contributed by atoms with E-state index in [9.17, 15) is 0 Å². The summed E-state index contributed by atoms with van der Waals surface area (Å²) in [6, 6.07) is 0. The van der Waals surface area contributed by atoms with E-state index in [4.69, 9.17) is 5.73 Å². The normalized spacial score (nSPS) is 20.5. The summed E-state index contributed by atoms with van der Waals surface area (Å²) in [6.45, 7) is 10.3. The predicted octanol–water partition coefficient (Wildman–Crippen LogP) is 2.31. The van der Waals surface area contributed by atoms with Crippen LogP contribution in [0.3, 0.4) is 0 Å².